The van der Waals surface area contributed by atoms with Gasteiger partial charge < -0.3 is 5.32 Å². The van der Waals surface area contributed by atoms with Crippen LogP contribution >= 0.6 is 0 Å². The van der Waals surface area contributed by atoms with Crippen LogP contribution in [0.25, 0.3) is 5.57 Å². The molecule has 1 aromatic heterocycles. The fraction of sp³-hybridized carbons (Fsp3) is 0.176. The van der Waals surface area contributed by atoms with E-state index in [9.17, 15) is 9.18 Å². The fourth-order valence-electron chi connectivity index (χ4n) is 1.85. The van der Waals surface area contributed by atoms with E-state index < -0.39 is 11.7 Å². The second-order valence-electron chi connectivity index (χ2n) is 5.01. The largest absolute Gasteiger partial charge is 0.322 e. The number of pyridine rings is 1. The van der Waals surface area contributed by atoms with Crippen LogP contribution < -0.4 is 5.32 Å². The molecule has 108 valence electrons. The Morgan fingerprint density at radius 1 is 1.10 bits per heavy atom. The molecule has 0 fully saturated rings. The van der Waals surface area contributed by atoms with E-state index in [-0.39, 0.29) is 5.56 Å². The van der Waals surface area contributed by atoms with Gasteiger partial charge in [-0.05, 0) is 50.1 Å². The van der Waals surface area contributed by atoms with Gasteiger partial charge in [0.1, 0.15) is 0 Å². The topological polar surface area (TPSA) is 42.0 Å². The molecule has 2 rings (SSSR count). The zero-order chi connectivity index (χ0) is 15.4. The summed E-state index contributed by atoms with van der Waals surface area (Å²) in [6.45, 7) is 6.16. The van der Waals surface area contributed by atoms with Crippen molar-refractivity contribution < 1.29 is 9.18 Å². The molecule has 1 aromatic carbocycles. The van der Waals surface area contributed by atoms with Crippen LogP contribution in [0.4, 0.5) is 10.1 Å². The molecule has 1 heterocycles. The van der Waals surface area contributed by atoms with Crippen molar-refractivity contribution in [2.24, 2.45) is 0 Å². The van der Waals surface area contributed by atoms with Crippen LogP contribution in [0.5, 0.6) is 0 Å². The van der Waals surface area contributed by atoms with Crippen molar-refractivity contribution in [3.05, 3.63) is 65.2 Å². The molecule has 0 aliphatic rings. The van der Waals surface area contributed by atoms with Gasteiger partial charge in [-0.1, -0.05) is 17.7 Å². The van der Waals surface area contributed by atoms with Gasteiger partial charge in [-0.25, -0.2) is 4.39 Å². The van der Waals surface area contributed by atoms with Crippen molar-refractivity contribution in [3.63, 3.8) is 0 Å². The normalized spacial score (nSPS) is 10.1. The highest BCUT2D eigenvalue weighted by Gasteiger charge is 2.11. The molecule has 0 bridgehead atoms. The van der Waals surface area contributed by atoms with Gasteiger partial charge in [0.05, 0.1) is 11.8 Å². The number of nitrogens with zero attached hydrogens (tertiary/aromatic N) is 1. The van der Waals surface area contributed by atoms with Crippen molar-refractivity contribution in [3.8, 4) is 0 Å². The van der Waals surface area contributed by atoms with Crippen LogP contribution in [0.1, 0.15) is 36.7 Å². The van der Waals surface area contributed by atoms with Gasteiger partial charge in [0.15, 0.2) is 5.82 Å². The molecule has 4 heteroatoms. The SMILES string of the molecule is CC(C)=C(C)c1ccc(NC(=O)c2ccncc2F)cc1. The van der Waals surface area contributed by atoms with E-state index in [2.05, 4.69) is 31.1 Å². The third-order valence-corrected chi connectivity index (χ3v) is 3.34. The molecule has 0 unspecified atom stereocenters. The summed E-state index contributed by atoms with van der Waals surface area (Å²) < 4.78 is 13.5. The van der Waals surface area contributed by atoms with Gasteiger partial charge in [-0.15, -0.1) is 0 Å². The number of halogens is 1. The number of anilines is 1. The highest BCUT2D eigenvalue weighted by atomic mass is 19.1. The van der Waals surface area contributed by atoms with E-state index in [4.69, 9.17) is 0 Å². The summed E-state index contributed by atoms with van der Waals surface area (Å²) in [5, 5.41) is 2.67. The van der Waals surface area contributed by atoms with E-state index in [1.807, 2.05) is 12.1 Å². The fourth-order valence-corrected chi connectivity index (χ4v) is 1.85. The number of carbonyl (C=O) groups is 1. The monoisotopic (exact) mass is 284 g/mol. The van der Waals surface area contributed by atoms with E-state index in [0.29, 0.717) is 5.69 Å². The molecule has 2 aromatic rings. The summed E-state index contributed by atoms with van der Waals surface area (Å²) in [6, 6.07) is 8.83. The standard InChI is InChI=1S/C17H17FN2O/c1-11(2)12(3)13-4-6-14(7-5-13)20-17(21)15-8-9-19-10-16(15)18/h4-10H,1-3H3,(H,20,21). The number of aromatic nitrogens is 1. The molecular formula is C17H17FN2O. The second-order valence-corrected chi connectivity index (χ2v) is 5.01. The van der Waals surface area contributed by atoms with Crippen molar-refractivity contribution in [2.45, 2.75) is 20.8 Å². The average molecular weight is 284 g/mol. The predicted octanol–water partition coefficient (Wildman–Crippen LogP) is 4.29. The molecular weight excluding hydrogens is 267 g/mol. The minimum absolute atomic E-state index is 0.0189. The predicted molar refractivity (Wildman–Crippen MR) is 82.5 cm³/mol. The Bertz CT molecular complexity index is 686. The Hall–Kier alpha value is -2.49. The number of nitrogens with one attached hydrogen (secondary N) is 1. The van der Waals surface area contributed by atoms with E-state index in [1.54, 1.807) is 12.1 Å². The first-order valence-electron chi connectivity index (χ1n) is 6.64. The Kier molecular flexibility index (Phi) is 4.48. The summed E-state index contributed by atoms with van der Waals surface area (Å²) in [4.78, 5) is 15.6. The molecule has 0 atom stereocenters. The lowest BCUT2D eigenvalue weighted by Gasteiger charge is -2.08. The highest BCUT2D eigenvalue weighted by molar-refractivity contribution is 6.04. The van der Waals surface area contributed by atoms with Crippen molar-refractivity contribution in [1.29, 1.82) is 0 Å². The molecule has 0 aliphatic carbocycles. The van der Waals surface area contributed by atoms with E-state index in [0.717, 1.165) is 11.8 Å². The smallest absolute Gasteiger partial charge is 0.258 e. The van der Waals surface area contributed by atoms with Gasteiger partial charge in [0, 0.05) is 11.9 Å². The molecule has 3 nitrogen and oxygen atoms in total. The zero-order valence-electron chi connectivity index (χ0n) is 12.3. The number of amides is 1. The summed E-state index contributed by atoms with van der Waals surface area (Å²) in [6.07, 6.45) is 2.41. The van der Waals surface area contributed by atoms with E-state index >= 15 is 0 Å². The first-order chi connectivity index (χ1) is 9.99. The maximum Gasteiger partial charge on any atom is 0.258 e. The van der Waals surface area contributed by atoms with Crippen molar-refractivity contribution >= 4 is 17.2 Å². The minimum atomic E-state index is -0.632. The molecule has 1 amide bonds. The number of benzene rings is 1. The van der Waals surface area contributed by atoms with Gasteiger partial charge in [0.2, 0.25) is 0 Å². The molecule has 0 saturated heterocycles. The number of carbonyl (C=O) groups excluding carboxylic acids is 1. The van der Waals surface area contributed by atoms with Crippen LogP contribution in [0.3, 0.4) is 0 Å². The Labute approximate surface area is 123 Å². The number of hydrogen-bond acceptors (Lipinski definition) is 2. The maximum atomic E-state index is 13.5. The molecule has 1 N–H and O–H groups in total. The molecule has 0 saturated carbocycles. The van der Waals surface area contributed by atoms with Crippen LogP contribution in [-0.2, 0) is 0 Å². The molecule has 0 spiro atoms. The van der Waals surface area contributed by atoms with Crippen molar-refractivity contribution in [2.75, 3.05) is 5.32 Å². The maximum absolute atomic E-state index is 13.5. The van der Waals surface area contributed by atoms with Gasteiger partial charge in [0.25, 0.3) is 5.91 Å². The number of rotatable bonds is 3. The van der Waals surface area contributed by atoms with E-state index in [1.165, 1.54) is 23.4 Å². The Morgan fingerprint density at radius 2 is 1.76 bits per heavy atom. The van der Waals surface area contributed by atoms with Gasteiger partial charge in [-0.2, -0.15) is 0 Å². The Morgan fingerprint density at radius 3 is 2.33 bits per heavy atom. The quantitative estimate of drug-likeness (QED) is 0.913. The summed E-state index contributed by atoms with van der Waals surface area (Å²) in [5.74, 6) is -1.12. The highest BCUT2D eigenvalue weighted by Crippen LogP contribution is 2.20. The first kappa shape index (κ1) is 14.9. The lowest BCUT2D eigenvalue weighted by molar-refractivity contribution is 0.102. The lowest BCUT2D eigenvalue weighted by Crippen LogP contribution is -2.13. The molecule has 0 radical (unpaired) electrons. The first-order valence-corrected chi connectivity index (χ1v) is 6.64. The zero-order valence-corrected chi connectivity index (χ0v) is 12.3. The average Bonchev–Trinajstić information content (AvgIpc) is 2.47. The van der Waals surface area contributed by atoms with Crippen LogP contribution in [0.2, 0.25) is 0 Å². The Balaban J connectivity index is 2.16. The summed E-state index contributed by atoms with van der Waals surface area (Å²) >= 11 is 0. The lowest BCUT2D eigenvalue weighted by atomic mass is 10.0. The summed E-state index contributed by atoms with van der Waals surface area (Å²) in [7, 11) is 0. The van der Waals surface area contributed by atoms with Crippen LogP contribution in [0, 0.1) is 5.82 Å². The van der Waals surface area contributed by atoms with Crippen LogP contribution in [0.15, 0.2) is 48.3 Å². The molecule has 21 heavy (non-hydrogen) atoms. The second kappa shape index (κ2) is 6.31. The van der Waals surface area contributed by atoms with Crippen LogP contribution in [-0.4, -0.2) is 10.9 Å². The molecule has 0 aliphatic heterocycles. The third kappa shape index (κ3) is 3.54. The third-order valence-electron chi connectivity index (χ3n) is 3.34. The van der Waals surface area contributed by atoms with Crippen molar-refractivity contribution in [1.82, 2.24) is 4.98 Å². The number of allylic oxidation sites excluding steroid dienone is 2. The summed E-state index contributed by atoms with van der Waals surface area (Å²) in [5.41, 5.74) is 4.15. The van der Waals surface area contributed by atoms with Gasteiger partial charge >= 0.3 is 0 Å². The van der Waals surface area contributed by atoms with Gasteiger partial charge in [-0.3, -0.25) is 9.78 Å². The number of hydrogen-bond donors (Lipinski definition) is 1. The minimum Gasteiger partial charge on any atom is -0.322 e.